The van der Waals surface area contributed by atoms with Crippen LogP contribution in [0.15, 0.2) is 24.3 Å². The maximum Gasteiger partial charge on any atom is 0.0991 e. The average Bonchev–Trinajstić information content (AvgIpc) is 2.37. The summed E-state index contributed by atoms with van der Waals surface area (Å²) in [4.78, 5) is 0. The Morgan fingerprint density at radius 1 is 1.12 bits per heavy atom. The van der Waals surface area contributed by atoms with Gasteiger partial charge in [0.2, 0.25) is 0 Å². The van der Waals surface area contributed by atoms with Gasteiger partial charge >= 0.3 is 0 Å². The molecule has 0 fully saturated rings. The van der Waals surface area contributed by atoms with Crippen molar-refractivity contribution < 1.29 is 0 Å². The Kier molecular flexibility index (Phi) is 6.17. The van der Waals surface area contributed by atoms with E-state index in [4.69, 9.17) is 5.26 Å². The third-order valence-corrected chi connectivity index (χ3v) is 2.93. The zero-order valence-electron chi connectivity index (χ0n) is 10.9. The van der Waals surface area contributed by atoms with Crippen LogP contribution in [0.2, 0.25) is 0 Å². The molecule has 2 heteroatoms. The minimum Gasteiger partial charge on any atom is -0.382 e. The summed E-state index contributed by atoms with van der Waals surface area (Å²) in [6.07, 6.45) is 6.16. The smallest absolute Gasteiger partial charge is 0.0991 e. The molecule has 1 aromatic carbocycles. The van der Waals surface area contributed by atoms with Crippen LogP contribution >= 0.6 is 0 Å². The summed E-state index contributed by atoms with van der Waals surface area (Å²) in [5, 5.41) is 12.3. The Bertz CT molecular complexity index is 348. The molecule has 0 aromatic heterocycles. The maximum atomic E-state index is 8.74. The number of hydrogen-bond acceptors (Lipinski definition) is 2. The molecule has 0 saturated carbocycles. The van der Waals surface area contributed by atoms with Gasteiger partial charge < -0.3 is 5.32 Å². The average molecular weight is 230 g/mol. The van der Waals surface area contributed by atoms with E-state index >= 15 is 0 Å². The molecule has 0 bridgehead atoms. The summed E-state index contributed by atoms with van der Waals surface area (Å²) in [6, 6.07) is 10.4. The molecule has 1 aromatic rings. The number of rotatable bonds is 7. The van der Waals surface area contributed by atoms with Gasteiger partial charge in [-0.2, -0.15) is 5.26 Å². The topological polar surface area (TPSA) is 35.8 Å². The quantitative estimate of drug-likeness (QED) is 0.756. The lowest BCUT2D eigenvalue weighted by molar-refractivity contribution is 0.564. The number of nitriles is 1. The highest BCUT2D eigenvalue weighted by Crippen LogP contribution is 2.15. The number of nitrogens with one attached hydrogen (secondary N) is 1. The fourth-order valence-corrected chi connectivity index (χ4v) is 1.96. The van der Waals surface area contributed by atoms with Crippen molar-refractivity contribution in [2.24, 2.45) is 0 Å². The number of nitrogens with zero attached hydrogens (tertiary/aromatic N) is 1. The summed E-state index contributed by atoms with van der Waals surface area (Å²) >= 11 is 0. The van der Waals surface area contributed by atoms with Crippen LogP contribution in [0.3, 0.4) is 0 Å². The number of hydrogen-bond donors (Lipinski definition) is 1. The summed E-state index contributed by atoms with van der Waals surface area (Å²) in [5.74, 6) is 0. The monoisotopic (exact) mass is 230 g/mol. The highest BCUT2D eigenvalue weighted by atomic mass is 14.9. The molecule has 0 spiro atoms. The molecule has 0 aliphatic heterocycles. The molecular weight excluding hydrogens is 208 g/mol. The molecule has 1 N–H and O–H groups in total. The predicted molar refractivity (Wildman–Crippen MR) is 73.0 cm³/mol. The second-order valence-electron chi connectivity index (χ2n) is 4.46. The Labute approximate surface area is 105 Å². The Morgan fingerprint density at radius 3 is 2.35 bits per heavy atom. The molecule has 17 heavy (non-hydrogen) atoms. The van der Waals surface area contributed by atoms with Crippen LogP contribution in [-0.4, -0.2) is 6.04 Å². The fourth-order valence-electron chi connectivity index (χ4n) is 1.96. The van der Waals surface area contributed by atoms with Crippen molar-refractivity contribution in [2.45, 2.75) is 52.0 Å². The van der Waals surface area contributed by atoms with Crippen LogP contribution in [0, 0.1) is 11.3 Å². The Morgan fingerprint density at radius 2 is 1.82 bits per heavy atom. The van der Waals surface area contributed by atoms with Crippen molar-refractivity contribution in [3.63, 3.8) is 0 Å². The molecule has 1 unspecified atom stereocenters. The van der Waals surface area contributed by atoms with Crippen molar-refractivity contribution in [1.82, 2.24) is 0 Å². The first kappa shape index (κ1) is 13.6. The SMILES string of the molecule is CCCCC(CCC)Nc1ccc(C#N)cc1. The third-order valence-electron chi connectivity index (χ3n) is 2.93. The van der Waals surface area contributed by atoms with Crippen molar-refractivity contribution in [3.8, 4) is 6.07 Å². The first-order valence-corrected chi connectivity index (χ1v) is 6.56. The standard InChI is InChI=1S/C15H22N2/c1-3-5-7-14(6-4-2)17-15-10-8-13(12-16)9-11-15/h8-11,14,17H,3-7H2,1-2H3. The maximum absolute atomic E-state index is 8.74. The van der Waals surface area contributed by atoms with Gasteiger partial charge in [-0.25, -0.2) is 0 Å². The first-order valence-electron chi connectivity index (χ1n) is 6.56. The second kappa shape index (κ2) is 7.73. The summed E-state index contributed by atoms with van der Waals surface area (Å²) in [7, 11) is 0. The normalized spacial score (nSPS) is 11.8. The van der Waals surface area contributed by atoms with E-state index in [-0.39, 0.29) is 0 Å². The van der Waals surface area contributed by atoms with E-state index in [9.17, 15) is 0 Å². The molecule has 0 heterocycles. The molecular formula is C15H22N2. The van der Waals surface area contributed by atoms with Crippen molar-refractivity contribution >= 4 is 5.69 Å². The van der Waals surface area contributed by atoms with Gasteiger partial charge in [0.05, 0.1) is 11.6 Å². The van der Waals surface area contributed by atoms with Crippen LogP contribution in [0.5, 0.6) is 0 Å². The van der Waals surface area contributed by atoms with Gasteiger partial charge in [0, 0.05) is 11.7 Å². The van der Waals surface area contributed by atoms with Gasteiger partial charge in [0.15, 0.2) is 0 Å². The zero-order chi connectivity index (χ0) is 12.5. The van der Waals surface area contributed by atoms with Crippen molar-refractivity contribution in [3.05, 3.63) is 29.8 Å². The first-order chi connectivity index (χ1) is 8.30. The van der Waals surface area contributed by atoms with E-state index in [1.54, 1.807) is 0 Å². The van der Waals surface area contributed by atoms with E-state index in [0.717, 1.165) is 11.3 Å². The number of benzene rings is 1. The molecule has 1 atom stereocenters. The molecule has 0 radical (unpaired) electrons. The molecule has 0 aliphatic rings. The van der Waals surface area contributed by atoms with E-state index < -0.39 is 0 Å². The molecule has 92 valence electrons. The largest absolute Gasteiger partial charge is 0.382 e. The van der Waals surface area contributed by atoms with Crippen molar-refractivity contribution in [1.29, 1.82) is 5.26 Å². The third kappa shape index (κ3) is 4.91. The van der Waals surface area contributed by atoms with Crippen LogP contribution < -0.4 is 5.32 Å². The lowest BCUT2D eigenvalue weighted by Gasteiger charge is -2.19. The molecule has 1 rings (SSSR count). The Hall–Kier alpha value is -1.49. The van der Waals surface area contributed by atoms with Crippen molar-refractivity contribution in [2.75, 3.05) is 5.32 Å². The number of unbranched alkanes of at least 4 members (excludes halogenated alkanes) is 1. The minimum atomic E-state index is 0.563. The predicted octanol–water partition coefficient (Wildman–Crippen LogP) is 4.33. The van der Waals surface area contributed by atoms with E-state index in [1.807, 2.05) is 24.3 Å². The van der Waals surface area contributed by atoms with E-state index in [2.05, 4.69) is 25.2 Å². The van der Waals surface area contributed by atoms with Crippen LogP contribution in [0.1, 0.15) is 51.5 Å². The summed E-state index contributed by atoms with van der Waals surface area (Å²) in [5.41, 5.74) is 1.84. The fraction of sp³-hybridized carbons (Fsp3) is 0.533. The zero-order valence-corrected chi connectivity index (χ0v) is 10.9. The van der Waals surface area contributed by atoms with Gasteiger partial charge in [0.1, 0.15) is 0 Å². The summed E-state index contributed by atoms with van der Waals surface area (Å²) < 4.78 is 0. The van der Waals surface area contributed by atoms with Gasteiger partial charge in [-0.1, -0.05) is 33.1 Å². The summed E-state index contributed by atoms with van der Waals surface area (Å²) in [6.45, 7) is 4.45. The van der Waals surface area contributed by atoms with E-state index in [1.165, 1.54) is 32.1 Å². The molecule has 2 nitrogen and oxygen atoms in total. The Balaban J connectivity index is 2.55. The highest BCUT2D eigenvalue weighted by molar-refractivity contribution is 5.47. The van der Waals surface area contributed by atoms with Gasteiger partial charge in [-0.05, 0) is 37.1 Å². The lowest BCUT2D eigenvalue weighted by Crippen LogP contribution is -2.19. The van der Waals surface area contributed by atoms with Crippen LogP contribution in [-0.2, 0) is 0 Å². The van der Waals surface area contributed by atoms with Gasteiger partial charge in [-0.3, -0.25) is 0 Å². The van der Waals surface area contributed by atoms with Gasteiger partial charge in [0.25, 0.3) is 0 Å². The highest BCUT2D eigenvalue weighted by Gasteiger charge is 2.06. The van der Waals surface area contributed by atoms with E-state index in [0.29, 0.717) is 6.04 Å². The lowest BCUT2D eigenvalue weighted by atomic mass is 10.0. The molecule has 0 saturated heterocycles. The number of anilines is 1. The molecule has 0 aliphatic carbocycles. The van der Waals surface area contributed by atoms with Crippen LogP contribution in [0.4, 0.5) is 5.69 Å². The van der Waals surface area contributed by atoms with Crippen LogP contribution in [0.25, 0.3) is 0 Å². The molecule has 0 amide bonds. The second-order valence-corrected chi connectivity index (χ2v) is 4.46. The van der Waals surface area contributed by atoms with Gasteiger partial charge in [-0.15, -0.1) is 0 Å². The minimum absolute atomic E-state index is 0.563.